The zero-order chi connectivity index (χ0) is 21.0. The average molecular weight is 468 g/mol. The molecule has 1 unspecified atom stereocenters. The van der Waals surface area contributed by atoms with E-state index in [0.717, 1.165) is 5.69 Å². The van der Waals surface area contributed by atoms with E-state index in [0.29, 0.717) is 30.5 Å². The van der Waals surface area contributed by atoms with Crippen LogP contribution in [0.4, 0.5) is 5.69 Å². The molecule has 10 heteroatoms. The Morgan fingerprint density at radius 3 is 2.55 bits per heavy atom. The maximum absolute atomic E-state index is 12.6. The van der Waals surface area contributed by atoms with Gasteiger partial charge in [-0.1, -0.05) is 34.7 Å². The van der Waals surface area contributed by atoms with Crippen molar-refractivity contribution < 1.29 is 14.3 Å². The molecular weight excluding hydrogens is 450 g/mol. The fraction of sp³-hybridized carbons (Fsp3) is 0.211. The van der Waals surface area contributed by atoms with Crippen molar-refractivity contribution >= 4 is 58.5 Å². The first-order valence-electron chi connectivity index (χ1n) is 8.47. The van der Waals surface area contributed by atoms with Crippen molar-refractivity contribution in [2.45, 2.75) is 16.5 Å². The Morgan fingerprint density at radius 2 is 1.90 bits per heavy atom. The van der Waals surface area contributed by atoms with Crippen LogP contribution in [0, 0.1) is 3.95 Å². The van der Waals surface area contributed by atoms with E-state index in [4.69, 9.17) is 33.3 Å². The second kappa shape index (κ2) is 9.62. The zero-order valence-corrected chi connectivity index (χ0v) is 19.0. The maximum atomic E-state index is 12.6. The molecule has 1 heterocycles. The van der Waals surface area contributed by atoms with Crippen molar-refractivity contribution in [3.8, 4) is 17.2 Å². The molecule has 0 radical (unpaired) electrons. The van der Waals surface area contributed by atoms with Gasteiger partial charge in [0.1, 0.15) is 0 Å². The van der Waals surface area contributed by atoms with Crippen molar-refractivity contribution in [2.24, 2.45) is 0 Å². The van der Waals surface area contributed by atoms with Crippen LogP contribution in [-0.4, -0.2) is 35.2 Å². The summed E-state index contributed by atoms with van der Waals surface area (Å²) in [7, 11) is 3.11. The SMILES string of the molecule is COc1ccc(NC(=O)C(C)Sc2nn(-c3ccc(Cl)cc3)c(=S)s2)cc1OC. The van der Waals surface area contributed by atoms with Crippen LogP contribution < -0.4 is 14.8 Å². The van der Waals surface area contributed by atoms with Crippen LogP contribution in [0.1, 0.15) is 6.92 Å². The minimum atomic E-state index is -0.373. The Bertz CT molecular complexity index is 1070. The van der Waals surface area contributed by atoms with Gasteiger partial charge < -0.3 is 14.8 Å². The molecule has 29 heavy (non-hydrogen) atoms. The number of ether oxygens (including phenoxy) is 2. The fourth-order valence-corrected chi connectivity index (χ4v) is 5.05. The van der Waals surface area contributed by atoms with Gasteiger partial charge in [0, 0.05) is 16.8 Å². The Kier molecular flexibility index (Phi) is 7.18. The average Bonchev–Trinajstić information content (AvgIpc) is 3.08. The third-order valence-electron chi connectivity index (χ3n) is 3.90. The summed E-state index contributed by atoms with van der Waals surface area (Å²) < 4.78 is 13.5. The molecule has 0 fully saturated rings. The van der Waals surface area contributed by atoms with Crippen LogP contribution in [0.5, 0.6) is 11.5 Å². The minimum Gasteiger partial charge on any atom is -0.493 e. The fourth-order valence-electron chi connectivity index (χ4n) is 2.42. The van der Waals surface area contributed by atoms with Gasteiger partial charge in [0.2, 0.25) is 5.91 Å². The number of halogens is 1. The van der Waals surface area contributed by atoms with Crippen LogP contribution in [-0.2, 0) is 4.79 Å². The predicted octanol–water partition coefficient (Wildman–Crippen LogP) is 5.45. The Morgan fingerprint density at radius 1 is 1.21 bits per heavy atom. The van der Waals surface area contributed by atoms with Gasteiger partial charge in [0.25, 0.3) is 0 Å². The van der Waals surface area contributed by atoms with E-state index >= 15 is 0 Å². The molecule has 1 N–H and O–H groups in total. The number of amides is 1. The minimum absolute atomic E-state index is 0.151. The standard InChI is InChI=1S/C19H18ClN3O3S3/c1-11(17(24)21-13-6-9-15(25-2)16(10-13)26-3)28-18-22-23(19(27)29-18)14-7-4-12(20)5-8-14/h4-11H,1-3H3,(H,21,24). The molecule has 2 aromatic carbocycles. The van der Waals surface area contributed by atoms with Crippen molar-refractivity contribution in [3.05, 3.63) is 51.4 Å². The summed E-state index contributed by atoms with van der Waals surface area (Å²) in [4.78, 5) is 12.6. The van der Waals surface area contributed by atoms with E-state index in [1.54, 1.807) is 49.2 Å². The van der Waals surface area contributed by atoms with Crippen molar-refractivity contribution in [1.82, 2.24) is 9.78 Å². The number of nitrogens with one attached hydrogen (secondary N) is 1. The van der Waals surface area contributed by atoms with E-state index < -0.39 is 0 Å². The number of anilines is 1. The largest absolute Gasteiger partial charge is 0.493 e. The van der Waals surface area contributed by atoms with E-state index in [9.17, 15) is 4.79 Å². The first kappa shape index (κ1) is 21.6. The second-order valence-electron chi connectivity index (χ2n) is 5.84. The van der Waals surface area contributed by atoms with Crippen LogP contribution in [0.15, 0.2) is 46.8 Å². The molecular formula is C19H18ClN3O3S3. The van der Waals surface area contributed by atoms with Gasteiger partial charge >= 0.3 is 0 Å². The Hall–Kier alpha value is -2.07. The topological polar surface area (TPSA) is 65.4 Å². The van der Waals surface area contributed by atoms with E-state index in [-0.39, 0.29) is 11.2 Å². The van der Waals surface area contributed by atoms with Gasteiger partial charge in [0.15, 0.2) is 19.8 Å². The monoisotopic (exact) mass is 467 g/mol. The lowest BCUT2D eigenvalue weighted by Gasteiger charge is -2.13. The van der Waals surface area contributed by atoms with Gasteiger partial charge in [0.05, 0.1) is 25.2 Å². The first-order chi connectivity index (χ1) is 13.9. The number of hydrogen-bond acceptors (Lipinski definition) is 7. The third kappa shape index (κ3) is 5.30. The summed E-state index contributed by atoms with van der Waals surface area (Å²) in [5.41, 5.74) is 1.45. The van der Waals surface area contributed by atoms with Crippen molar-refractivity contribution in [2.75, 3.05) is 19.5 Å². The summed E-state index contributed by atoms with van der Waals surface area (Å²) in [5.74, 6) is 0.993. The summed E-state index contributed by atoms with van der Waals surface area (Å²) in [6.07, 6.45) is 0. The highest BCUT2D eigenvalue weighted by Gasteiger charge is 2.18. The van der Waals surface area contributed by atoms with Gasteiger partial charge in [-0.05, 0) is 55.5 Å². The lowest BCUT2D eigenvalue weighted by molar-refractivity contribution is -0.115. The third-order valence-corrected chi connectivity index (χ3v) is 6.57. The number of hydrogen-bond donors (Lipinski definition) is 1. The molecule has 3 aromatic rings. The highest BCUT2D eigenvalue weighted by Crippen LogP contribution is 2.31. The number of carbonyl (C=O) groups is 1. The van der Waals surface area contributed by atoms with Crippen molar-refractivity contribution in [1.29, 1.82) is 0 Å². The van der Waals surface area contributed by atoms with Crippen molar-refractivity contribution in [3.63, 3.8) is 0 Å². The first-order valence-corrected chi connectivity index (χ1v) is 10.9. The molecule has 3 rings (SSSR count). The zero-order valence-electron chi connectivity index (χ0n) is 15.8. The lowest BCUT2D eigenvalue weighted by Crippen LogP contribution is -2.22. The summed E-state index contributed by atoms with van der Waals surface area (Å²) in [6.45, 7) is 1.82. The van der Waals surface area contributed by atoms with E-state index in [1.807, 2.05) is 19.1 Å². The number of nitrogens with zero attached hydrogens (tertiary/aromatic N) is 2. The van der Waals surface area contributed by atoms with Crippen LogP contribution in [0.2, 0.25) is 5.02 Å². The number of aromatic nitrogens is 2. The van der Waals surface area contributed by atoms with Crippen LogP contribution >= 0.6 is 46.9 Å². The van der Waals surface area contributed by atoms with Gasteiger partial charge in [-0.25, -0.2) is 4.68 Å². The highest BCUT2D eigenvalue weighted by molar-refractivity contribution is 8.02. The highest BCUT2D eigenvalue weighted by atomic mass is 35.5. The molecule has 0 saturated carbocycles. The second-order valence-corrected chi connectivity index (χ2v) is 9.49. The number of methoxy groups -OCH3 is 2. The lowest BCUT2D eigenvalue weighted by atomic mass is 10.2. The number of carbonyl (C=O) groups excluding carboxylic acids is 1. The number of benzene rings is 2. The maximum Gasteiger partial charge on any atom is 0.237 e. The predicted molar refractivity (Wildman–Crippen MR) is 121 cm³/mol. The molecule has 152 valence electrons. The number of thioether (sulfide) groups is 1. The Labute approximate surface area is 186 Å². The number of rotatable bonds is 7. The molecule has 0 aliphatic heterocycles. The molecule has 0 spiro atoms. The molecule has 0 bridgehead atoms. The molecule has 1 atom stereocenters. The van der Waals surface area contributed by atoms with Gasteiger partial charge in [-0.2, -0.15) is 0 Å². The normalized spacial score (nSPS) is 11.7. The van der Waals surface area contributed by atoms with Gasteiger partial charge in [-0.3, -0.25) is 4.79 Å². The summed E-state index contributed by atoms with van der Waals surface area (Å²) >= 11 is 14.0. The van der Waals surface area contributed by atoms with Crippen LogP contribution in [0.25, 0.3) is 5.69 Å². The molecule has 1 amide bonds. The molecule has 0 aliphatic carbocycles. The van der Waals surface area contributed by atoms with E-state index in [1.165, 1.54) is 23.1 Å². The summed E-state index contributed by atoms with van der Waals surface area (Å²) in [5, 5.41) is 7.68. The quantitative estimate of drug-likeness (QED) is 0.368. The summed E-state index contributed by atoms with van der Waals surface area (Å²) in [6, 6.07) is 12.5. The molecule has 0 aliphatic rings. The Balaban J connectivity index is 1.69. The molecule has 1 aromatic heterocycles. The van der Waals surface area contributed by atoms with Crippen LogP contribution in [0.3, 0.4) is 0 Å². The molecule has 0 saturated heterocycles. The molecule has 6 nitrogen and oxygen atoms in total. The van der Waals surface area contributed by atoms with E-state index in [2.05, 4.69) is 10.4 Å². The smallest absolute Gasteiger partial charge is 0.237 e. The van der Waals surface area contributed by atoms with Gasteiger partial charge in [-0.15, -0.1) is 5.10 Å².